The third kappa shape index (κ3) is 5.09. The van der Waals surface area contributed by atoms with Gasteiger partial charge in [-0.3, -0.25) is 4.79 Å². The van der Waals surface area contributed by atoms with Gasteiger partial charge in [0.25, 0.3) is 0 Å². The highest BCUT2D eigenvalue weighted by Crippen LogP contribution is 2.33. The first-order valence-electron chi connectivity index (χ1n) is 7.25. The van der Waals surface area contributed by atoms with E-state index in [1.54, 1.807) is 0 Å². The standard InChI is InChI=1S/C16H32O2/c1-9-14(4,5)13(17)12-16(8,11-3)18-15(6,7)10-2/h9-12H2,1-8H3. The van der Waals surface area contributed by atoms with Crippen LogP contribution in [0.2, 0.25) is 0 Å². The second kappa shape index (κ2) is 6.18. The number of ether oxygens (including phenoxy) is 1. The van der Waals surface area contributed by atoms with Gasteiger partial charge in [-0.25, -0.2) is 0 Å². The maximum atomic E-state index is 12.4. The van der Waals surface area contributed by atoms with Crippen LogP contribution in [0.3, 0.4) is 0 Å². The van der Waals surface area contributed by atoms with Crippen LogP contribution < -0.4 is 0 Å². The molecule has 0 aliphatic carbocycles. The molecule has 0 rings (SSSR count). The van der Waals surface area contributed by atoms with E-state index in [0.29, 0.717) is 12.2 Å². The highest BCUT2D eigenvalue weighted by molar-refractivity contribution is 5.84. The summed E-state index contributed by atoms with van der Waals surface area (Å²) >= 11 is 0. The van der Waals surface area contributed by atoms with Gasteiger partial charge in [0, 0.05) is 11.8 Å². The summed E-state index contributed by atoms with van der Waals surface area (Å²) in [5.41, 5.74) is -0.749. The summed E-state index contributed by atoms with van der Waals surface area (Å²) in [4.78, 5) is 12.4. The highest BCUT2D eigenvalue weighted by atomic mass is 16.5. The summed E-state index contributed by atoms with van der Waals surface area (Å²) in [6, 6.07) is 0. The molecule has 0 heterocycles. The molecule has 0 aromatic carbocycles. The Bertz CT molecular complexity index is 279. The van der Waals surface area contributed by atoms with Crippen molar-refractivity contribution in [1.82, 2.24) is 0 Å². The number of carbonyl (C=O) groups is 1. The molecule has 0 bridgehead atoms. The molecule has 108 valence electrons. The molecule has 0 aromatic rings. The fourth-order valence-electron chi connectivity index (χ4n) is 1.75. The molecule has 18 heavy (non-hydrogen) atoms. The SMILES string of the molecule is CCC(C)(C)OC(C)(CC)CC(=O)C(C)(C)CC. The van der Waals surface area contributed by atoms with Crippen molar-refractivity contribution >= 4 is 5.78 Å². The topological polar surface area (TPSA) is 26.3 Å². The van der Waals surface area contributed by atoms with Crippen molar-refractivity contribution in [1.29, 1.82) is 0 Å². The number of hydrogen-bond donors (Lipinski definition) is 0. The first-order valence-corrected chi connectivity index (χ1v) is 7.25. The smallest absolute Gasteiger partial charge is 0.141 e. The van der Waals surface area contributed by atoms with Crippen LogP contribution in [0.5, 0.6) is 0 Å². The van der Waals surface area contributed by atoms with E-state index in [2.05, 4.69) is 41.5 Å². The Kier molecular flexibility index (Phi) is 6.06. The van der Waals surface area contributed by atoms with Gasteiger partial charge in [0.15, 0.2) is 0 Å². The molecular formula is C16H32O2. The third-order valence-electron chi connectivity index (χ3n) is 4.30. The van der Waals surface area contributed by atoms with Gasteiger partial charge < -0.3 is 4.74 Å². The molecule has 1 unspecified atom stereocenters. The van der Waals surface area contributed by atoms with Crippen LogP contribution in [-0.2, 0) is 9.53 Å². The van der Waals surface area contributed by atoms with Gasteiger partial charge >= 0.3 is 0 Å². The summed E-state index contributed by atoms with van der Waals surface area (Å²) in [6.07, 6.45) is 3.20. The Morgan fingerprint density at radius 2 is 1.39 bits per heavy atom. The summed E-state index contributed by atoms with van der Waals surface area (Å²) in [5, 5.41) is 0. The molecule has 0 aliphatic rings. The van der Waals surface area contributed by atoms with Crippen molar-refractivity contribution in [2.45, 2.75) is 92.3 Å². The minimum absolute atomic E-state index is 0.165. The normalized spacial score (nSPS) is 16.4. The molecule has 0 radical (unpaired) electrons. The van der Waals surface area contributed by atoms with Crippen LogP contribution in [0.25, 0.3) is 0 Å². The van der Waals surface area contributed by atoms with E-state index in [1.807, 2.05) is 13.8 Å². The zero-order valence-electron chi connectivity index (χ0n) is 13.6. The number of rotatable bonds is 8. The highest BCUT2D eigenvalue weighted by Gasteiger charge is 2.36. The lowest BCUT2D eigenvalue weighted by atomic mass is 9.79. The monoisotopic (exact) mass is 256 g/mol. The van der Waals surface area contributed by atoms with E-state index in [1.165, 1.54) is 0 Å². The zero-order chi connectivity index (χ0) is 14.6. The lowest BCUT2D eigenvalue weighted by Crippen LogP contribution is -2.42. The molecule has 0 N–H and O–H groups in total. The Labute approximate surface area is 113 Å². The average molecular weight is 256 g/mol. The second-order valence-electron chi connectivity index (χ2n) is 6.86. The maximum Gasteiger partial charge on any atom is 0.141 e. The molecule has 0 saturated heterocycles. The maximum absolute atomic E-state index is 12.4. The first kappa shape index (κ1) is 17.6. The van der Waals surface area contributed by atoms with Crippen molar-refractivity contribution in [2.24, 2.45) is 5.41 Å². The molecular weight excluding hydrogens is 224 g/mol. The lowest BCUT2D eigenvalue weighted by molar-refractivity contribution is -0.155. The predicted molar refractivity (Wildman–Crippen MR) is 77.8 cm³/mol. The molecule has 0 aromatic heterocycles. The van der Waals surface area contributed by atoms with E-state index in [0.717, 1.165) is 19.3 Å². The Balaban J connectivity index is 4.83. The van der Waals surface area contributed by atoms with Crippen molar-refractivity contribution in [3.8, 4) is 0 Å². The molecule has 0 saturated carbocycles. The minimum Gasteiger partial charge on any atom is -0.369 e. The van der Waals surface area contributed by atoms with Gasteiger partial charge in [0.1, 0.15) is 5.78 Å². The molecule has 0 fully saturated rings. The van der Waals surface area contributed by atoms with Crippen LogP contribution in [0.1, 0.15) is 81.1 Å². The van der Waals surface area contributed by atoms with Gasteiger partial charge in [0.05, 0.1) is 11.2 Å². The van der Waals surface area contributed by atoms with E-state index in [9.17, 15) is 4.79 Å². The van der Waals surface area contributed by atoms with Crippen molar-refractivity contribution < 1.29 is 9.53 Å². The zero-order valence-corrected chi connectivity index (χ0v) is 13.6. The van der Waals surface area contributed by atoms with Gasteiger partial charge in [-0.1, -0.05) is 34.6 Å². The summed E-state index contributed by atoms with van der Waals surface area (Å²) in [5.74, 6) is 0.307. The molecule has 0 amide bonds. The van der Waals surface area contributed by atoms with Crippen molar-refractivity contribution in [3.05, 3.63) is 0 Å². The number of carbonyl (C=O) groups excluding carboxylic acids is 1. The fourth-order valence-corrected chi connectivity index (χ4v) is 1.75. The molecule has 0 spiro atoms. The lowest BCUT2D eigenvalue weighted by Gasteiger charge is -2.39. The van der Waals surface area contributed by atoms with Crippen LogP contribution in [0.4, 0.5) is 0 Å². The van der Waals surface area contributed by atoms with E-state index < -0.39 is 0 Å². The molecule has 2 nitrogen and oxygen atoms in total. The van der Waals surface area contributed by atoms with Gasteiger partial charge in [0.2, 0.25) is 0 Å². The minimum atomic E-state index is -0.344. The van der Waals surface area contributed by atoms with Gasteiger partial charge in [-0.2, -0.15) is 0 Å². The van der Waals surface area contributed by atoms with Crippen LogP contribution in [0, 0.1) is 5.41 Å². The summed E-state index contributed by atoms with van der Waals surface area (Å²) < 4.78 is 6.21. The third-order valence-corrected chi connectivity index (χ3v) is 4.30. The van der Waals surface area contributed by atoms with Crippen molar-refractivity contribution in [2.75, 3.05) is 0 Å². The van der Waals surface area contributed by atoms with Crippen LogP contribution >= 0.6 is 0 Å². The van der Waals surface area contributed by atoms with Gasteiger partial charge in [-0.05, 0) is 40.0 Å². The summed E-state index contributed by atoms with van der Waals surface area (Å²) in [6.45, 7) is 16.6. The molecule has 1 atom stereocenters. The Hall–Kier alpha value is -0.370. The van der Waals surface area contributed by atoms with Gasteiger partial charge in [-0.15, -0.1) is 0 Å². The quantitative estimate of drug-likeness (QED) is 0.626. The molecule has 0 aliphatic heterocycles. The van der Waals surface area contributed by atoms with E-state index in [-0.39, 0.29) is 16.6 Å². The van der Waals surface area contributed by atoms with E-state index in [4.69, 9.17) is 4.74 Å². The van der Waals surface area contributed by atoms with Crippen LogP contribution in [-0.4, -0.2) is 17.0 Å². The van der Waals surface area contributed by atoms with E-state index >= 15 is 0 Å². The van der Waals surface area contributed by atoms with Crippen LogP contribution in [0.15, 0.2) is 0 Å². The fraction of sp³-hybridized carbons (Fsp3) is 0.938. The first-order chi connectivity index (χ1) is 8.02. The summed E-state index contributed by atoms with van der Waals surface area (Å²) in [7, 11) is 0. The number of Topliss-reactive ketones (excluding diaryl/α,β-unsaturated/α-hetero) is 1. The average Bonchev–Trinajstić information content (AvgIpc) is 2.28. The number of hydrogen-bond acceptors (Lipinski definition) is 2. The van der Waals surface area contributed by atoms with Crippen molar-refractivity contribution in [3.63, 3.8) is 0 Å². The Morgan fingerprint density at radius 3 is 1.72 bits per heavy atom. The number of ketones is 1. The second-order valence-corrected chi connectivity index (χ2v) is 6.86. The predicted octanol–water partition coefficient (Wildman–Crippen LogP) is 4.76. The molecule has 2 heteroatoms. The Morgan fingerprint density at radius 1 is 0.889 bits per heavy atom. The largest absolute Gasteiger partial charge is 0.369 e.